The fourth-order valence-electron chi connectivity index (χ4n) is 2.56. The molecule has 2 unspecified atom stereocenters. The molecule has 0 aliphatic carbocycles. The molecule has 3 aliphatic rings. The number of rotatable bonds is 3. The summed E-state index contributed by atoms with van der Waals surface area (Å²) >= 11 is 0. The number of amides is 1. The second-order valence-electron chi connectivity index (χ2n) is 4.54. The molecule has 0 radical (unpaired) electrons. The first-order chi connectivity index (χ1) is 6.66. The SMILES string of the molecule is CC(NC1CN2CCC1CC2)C(N)=O. The number of hydrogen-bond acceptors (Lipinski definition) is 3. The number of hydrogen-bond donors (Lipinski definition) is 2. The molecular weight excluding hydrogens is 178 g/mol. The van der Waals surface area contributed by atoms with Gasteiger partial charge in [0.05, 0.1) is 6.04 Å². The highest BCUT2D eigenvalue weighted by Crippen LogP contribution is 2.27. The summed E-state index contributed by atoms with van der Waals surface area (Å²) in [7, 11) is 0. The van der Waals surface area contributed by atoms with Crippen molar-refractivity contribution in [2.24, 2.45) is 11.7 Å². The van der Waals surface area contributed by atoms with Crippen LogP contribution in [-0.4, -0.2) is 42.5 Å². The van der Waals surface area contributed by atoms with Crippen molar-refractivity contribution in [1.29, 1.82) is 0 Å². The van der Waals surface area contributed by atoms with Crippen molar-refractivity contribution in [2.75, 3.05) is 19.6 Å². The van der Waals surface area contributed by atoms with Gasteiger partial charge in [-0.05, 0) is 38.8 Å². The van der Waals surface area contributed by atoms with Crippen LogP contribution in [0.4, 0.5) is 0 Å². The summed E-state index contributed by atoms with van der Waals surface area (Å²) in [6.45, 7) is 5.39. The molecule has 1 amide bonds. The molecule has 3 fully saturated rings. The fourth-order valence-corrected chi connectivity index (χ4v) is 2.56. The lowest BCUT2D eigenvalue weighted by molar-refractivity contribution is -0.120. The first-order valence-electron chi connectivity index (χ1n) is 5.44. The summed E-state index contributed by atoms with van der Waals surface area (Å²) in [5.41, 5.74) is 5.24. The van der Waals surface area contributed by atoms with Crippen LogP contribution in [0, 0.1) is 5.92 Å². The molecule has 0 aromatic rings. The minimum Gasteiger partial charge on any atom is -0.368 e. The monoisotopic (exact) mass is 197 g/mol. The van der Waals surface area contributed by atoms with E-state index in [1.54, 1.807) is 0 Å². The predicted molar refractivity (Wildman–Crippen MR) is 54.7 cm³/mol. The third-order valence-electron chi connectivity index (χ3n) is 3.55. The fraction of sp³-hybridized carbons (Fsp3) is 0.900. The summed E-state index contributed by atoms with van der Waals surface area (Å²) in [5, 5.41) is 3.33. The van der Waals surface area contributed by atoms with Gasteiger partial charge < -0.3 is 16.0 Å². The average Bonchev–Trinajstić information content (AvgIpc) is 2.19. The Balaban J connectivity index is 1.89. The predicted octanol–water partition coefficient (Wildman–Crippen LogP) is -0.456. The Morgan fingerprint density at radius 1 is 1.50 bits per heavy atom. The normalized spacial score (nSPS) is 38.2. The molecule has 3 heterocycles. The number of piperidine rings is 3. The maximum absolute atomic E-state index is 10.9. The minimum absolute atomic E-state index is 0.194. The van der Waals surface area contributed by atoms with Gasteiger partial charge in [0.2, 0.25) is 5.91 Å². The zero-order chi connectivity index (χ0) is 10.1. The van der Waals surface area contributed by atoms with Crippen molar-refractivity contribution in [3.05, 3.63) is 0 Å². The molecule has 14 heavy (non-hydrogen) atoms. The maximum Gasteiger partial charge on any atom is 0.234 e. The van der Waals surface area contributed by atoms with E-state index in [9.17, 15) is 4.79 Å². The Hall–Kier alpha value is -0.610. The summed E-state index contributed by atoms with van der Waals surface area (Å²) in [4.78, 5) is 13.4. The van der Waals surface area contributed by atoms with Gasteiger partial charge in [0, 0.05) is 12.6 Å². The van der Waals surface area contributed by atoms with Gasteiger partial charge >= 0.3 is 0 Å². The van der Waals surface area contributed by atoms with Crippen LogP contribution in [0.1, 0.15) is 19.8 Å². The molecule has 0 aromatic heterocycles. The molecule has 2 atom stereocenters. The summed E-state index contributed by atoms with van der Waals surface area (Å²) in [6.07, 6.45) is 2.53. The zero-order valence-corrected chi connectivity index (χ0v) is 8.70. The van der Waals surface area contributed by atoms with Gasteiger partial charge in [-0.2, -0.15) is 0 Å². The van der Waals surface area contributed by atoms with Gasteiger partial charge in [0.1, 0.15) is 0 Å². The first kappa shape index (κ1) is 9.93. The van der Waals surface area contributed by atoms with Crippen LogP contribution in [0.3, 0.4) is 0 Å². The summed E-state index contributed by atoms with van der Waals surface area (Å²) in [6, 6.07) is 0.278. The van der Waals surface area contributed by atoms with Gasteiger partial charge in [-0.3, -0.25) is 4.79 Å². The third-order valence-corrected chi connectivity index (χ3v) is 3.55. The van der Waals surface area contributed by atoms with Crippen LogP contribution in [0.5, 0.6) is 0 Å². The van der Waals surface area contributed by atoms with Crippen LogP contribution in [0.2, 0.25) is 0 Å². The molecule has 3 saturated heterocycles. The molecule has 4 nitrogen and oxygen atoms in total. The van der Waals surface area contributed by atoms with E-state index in [1.165, 1.54) is 25.9 Å². The first-order valence-corrected chi connectivity index (χ1v) is 5.44. The smallest absolute Gasteiger partial charge is 0.234 e. The number of nitrogens with one attached hydrogen (secondary N) is 1. The van der Waals surface area contributed by atoms with E-state index >= 15 is 0 Å². The van der Waals surface area contributed by atoms with E-state index < -0.39 is 0 Å². The van der Waals surface area contributed by atoms with E-state index in [2.05, 4.69) is 10.2 Å². The Morgan fingerprint density at radius 2 is 2.14 bits per heavy atom. The summed E-state index contributed by atoms with van der Waals surface area (Å²) < 4.78 is 0. The number of primary amides is 1. The van der Waals surface area contributed by atoms with Crippen molar-refractivity contribution in [3.8, 4) is 0 Å². The molecule has 0 aromatic carbocycles. The highest BCUT2D eigenvalue weighted by molar-refractivity contribution is 5.79. The van der Waals surface area contributed by atoms with E-state index in [0.29, 0.717) is 6.04 Å². The largest absolute Gasteiger partial charge is 0.368 e. The molecule has 0 saturated carbocycles. The van der Waals surface area contributed by atoms with Crippen molar-refractivity contribution in [2.45, 2.75) is 31.8 Å². The summed E-state index contributed by atoms with van der Waals surface area (Å²) in [5.74, 6) is 0.503. The lowest BCUT2D eigenvalue weighted by Crippen LogP contribution is -2.59. The van der Waals surface area contributed by atoms with Crippen LogP contribution in [-0.2, 0) is 4.79 Å². The second-order valence-corrected chi connectivity index (χ2v) is 4.54. The van der Waals surface area contributed by atoms with Crippen molar-refractivity contribution >= 4 is 5.91 Å². The molecule has 3 N–H and O–H groups in total. The molecular formula is C10H19N3O. The Labute approximate surface area is 84.8 Å². The number of nitrogens with two attached hydrogens (primary N) is 1. The van der Waals surface area contributed by atoms with Crippen LogP contribution in [0.25, 0.3) is 0 Å². The Bertz CT molecular complexity index is 223. The van der Waals surface area contributed by atoms with Gasteiger partial charge in [0.25, 0.3) is 0 Å². The second kappa shape index (κ2) is 3.87. The molecule has 2 bridgehead atoms. The molecule has 80 valence electrons. The van der Waals surface area contributed by atoms with Gasteiger partial charge in [-0.25, -0.2) is 0 Å². The highest BCUT2D eigenvalue weighted by Gasteiger charge is 2.34. The number of fused-ring (bicyclic) bond motifs is 3. The number of carbonyl (C=O) groups excluding carboxylic acids is 1. The standard InChI is InChI=1S/C10H19N3O/c1-7(10(11)14)12-9-6-13-4-2-8(9)3-5-13/h7-9,12H,2-6H2,1H3,(H2,11,14). The molecule has 0 spiro atoms. The lowest BCUT2D eigenvalue weighted by Gasteiger charge is -2.45. The maximum atomic E-state index is 10.9. The van der Waals surface area contributed by atoms with Crippen molar-refractivity contribution in [3.63, 3.8) is 0 Å². The van der Waals surface area contributed by atoms with Crippen molar-refractivity contribution in [1.82, 2.24) is 10.2 Å². The van der Waals surface area contributed by atoms with E-state index in [-0.39, 0.29) is 11.9 Å². The van der Waals surface area contributed by atoms with E-state index in [0.717, 1.165) is 12.5 Å². The lowest BCUT2D eigenvalue weighted by atomic mass is 9.84. The highest BCUT2D eigenvalue weighted by atomic mass is 16.1. The Kier molecular flexibility index (Phi) is 2.74. The van der Waals surface area contributed by atoms with Crippen LogP contribution in [0.15, 0.2) is 0 Å². The topological polar surface area (TPSA) is 58.4 Å². The number of nitrogens with zero attached hydrogens (tertiary/aromatic N) is 1. The third kappa shape index (κ3) is 1.91. The average molecular weight is 197 g/mol. The van der Waals surface area contributed by atoms with E-state index in [1.807, 2.05) is 6.92 Å². The number of carbonyl (C=O) groups is 1. The van der Waals surface area contributed by atoms with Crippen LogP contribution >= 0.6 is 0 Å². The van der Waals surface area contributed by atoms with Gasteiger partial charge in [0.15, 0.2) is 0 Å². The zero-order valence-electron chi connectivity index (χ0n) is 8.70. The van der Waals surface area contributed by atoms with Gasteiger partial charge in [-0.15, -0.1) is 0 Å². The minimum atomic E-state index is -0.249. The Morgan fingerprint density at radius 3 is 2.57 bits per heavy atom. The van der Waals surface area contributed by atoms with E-state index in [4.69, 9.17) is 5.73 Å². The van der Waals surface area contributed by atoms with Crippen molar-refractivity contribution < 1.29 is 4.79 Å². The molecule has 4 heteroatoms. The van der Waals surface area contributed by atoms with Crippen LogP contribution < -0.4 is 11.1 Å². The quantitative estimate of drug-likeness (QED) is 0.644. The van der Waals surface area contributed by atoms with Gasteiger partial charge in [-0.1, -0.05) is 0 Å². The molecule has 3 rings (SSSR count). The molecule has 3 aliphatic heterocycles.